The van der Waals surface area contributed by atoms with Gasteiger partial charge in [0, 0.05) is 19.0 Å². The molecule has 0 bridgehead atoms. The molecule has 0 spiro atoms. The number of fused-ring (bicyclic) bond motifs is 1. The highest BCUT2D eigenvalue weighted by Crippen LogP contribution is 2.23. The SMILES string of the molecule is Fc1cc2c(cc1Br)[nH]c(=S)n2CCc1ncno1. The molecule has 0 amide bonds. The average molecular weight is 343 g/mol. The maximum Gasteiger partial charge on any atom is 0.228 e. The van der Waals surface area contributed by atoms with Crippen molar-refractivity contribution < 1.29 is 8.91 Å². The van der Waals surface area contributed by atoms with E-state index >= 15 is 0 Å². The number of benzene rings is 1. The molecule has 0 aliphatic heterocycles. The quantitative estimate of drug-likeness (QED) is 0.742. The Morgan fingerprint density at radius 1 is 1.47 bits per heavy atom. The third-order valence-electron chi connectivity index (χ3n) is 2.77. The van der Waals surface area contributed by atoms with Crippen LogP contribution in [0.15, 0.2) is 27.5 Å². The van der Waals surface area contributed by atoms with E-state index in [1.165, 1.54) is 12.4 Å². The minimum atomic E-state index is -0.326. The number of imidazole rings is 1. The molecule has 0 radical (unpaired) electrons. The number of rotatable bonds is 3. The molecule has 1 aromatic carbocycles. The number of aryl methyl sites for hydroxylation is 2. The first kappa shape index (κ1) is 12.5. The maximum atomic E-state index is 13.6. The Balaban J connectivity index is 2.00. The number of aromatic nitrogens is 4. The van der Waals surface area contributed by atoms with Gasteiger partial charge in [0.05, 0.1) is 15.5 Å². The van der Waals surface area contributed by atoms with Crippen molar-refractivity contribution in [2.45, 2.75) is 13.0 Å². The third-order valence-corrected chi connectivity index (χ3v) is 3.70. The molecule has 0 aliphatic rings. The van der Waals surface area contributed by atoms with Gasteiger partial charge in [0.15, 0.2) is 11.1 Å². The van der Waals surface area contributed by atoms with Crippen molar-refractivity contribution in [3.05, 3.63) is 39.4 Å². The van der Waals surface area contributed by atoms with Gasteiger partial charge in [-0.25, -0.2) is 4.39 Å². The van der Waals surface area contributed by atoms with Crippen LogP contribution in [0.3, 0.4) is 0 Å². The minimum Gasteiger partial charge on any atom is -0.340 e. The summed E-state index contributed by atoms with van der Waals surface area (Å²) in [6, 6.07) is 3.11. The van der Waals surface area contributed by atoms with Crippen molar-refractivity contribution in [1.29, 1.82) is 0 Å². The summed E-state index contributed by atoms with van der Waals surface area (Å²) in [5, 5.41) is 3.54. The van der Waals surface area contributed by atoms with E-state index in [4.69, 9.17) is 16.7 Å². The molecule has 98 valence electrons. The van der Waals surface area contributed by atoms with Crippen LogP contribution in [-0.2, 0) is 13.0 Å². The summed E-state index contributed by atoms with van der Waals surface area (Å²) >= 11 is 8.39. The summed E-state index contributed by atoms with van der Waals surface area (Å²) < 4.78 is 21.3. The van der Waals surface area contributed by atoms with E-state index in [0.717, 1.165) is 5.52 Å². The van der Waals surface area contributed by atoms with Gasteiger partial charge < -0.3 is 14.1 Å². The molecular weight excluding hydrogens is 335 g/mol. The highest BCUT2D eigenvalue weighted by Gasteiger charge is 2.10. The first-order valence-corrected chi connectivity index (χ1v) is 6.68. The predicted molar refractivity (Wildman–Crippen MR) is 72.8 cm³/mol. The standard InChI is InChI=1S/C11H8BrFN4OS/c12-6-3-8-9(4-7(6)13)17(11(19)16-8)2-1-10-14-5-15-18-10/h3-5H,1-2H2,(H,16,19). The molecule has 5 nitrogen and oxygen atoms in total. The topological polar surface area (TPSA) is 59.6 Å². The smallest absolute Gasteiger partial charge is 0.228 e. The van der Waals surface area contributed by atoms with Crippen molar-refractivity contribution in [2.24, 2.45) is 0 Å². The van der Waals surface area contributed by atoms with E-state index in [1.807, 2.05) is 4.57 Å². The van der Waals surface area contributed by atoms with E-state index in [1.54, 1.807) is 6.07 Å². The predicted octanol–water partition coefficient (Wildman–Crippen LogP) is 3.23. The zero-order valence-corrected chi connectivity index (χ0v) is 12.0. The van der Waals surface area contributed by atoms with E-state index in [-0.39, 0.29) is 5.82 Å². The van der Waals surface area contributed by atoms with Gasteiger partial charge in [-0.05, 0) is 34.2 Å². The van der Waals surface area contributed by atoms with Crippen LogP contribution in [0.25, 0.3) is 11.0 Å². The summed E-state index contributed by atoms with van der Waals surface area (Å²) in [6.45, 7) is 0.544. The molecule has 0 fully saturated rings. The molecule has 1 N–H and O–H groups in total. The van der Waals surface area contributed by atoms with Gasteiger partial charge in [-0.1, -0.05) is 5.16 Å². The van der Waals surface area contributed by atoms with Gasteiger partial charge in [0.2, 0.25) is 5.89 Å². The van der Waals surface area contributed by atoms with Crippen molar-refractivity contribution >= 4 is 39.2 Å². The molecule has 0 unspecified atom stereocenters. The monoisotopic (exact) mass is 342 g/mol. The van der Waals surface area contributed by atoms with Crippen LogP contribution in [0.1, 0.15) is 5.89 Å². The normalized spacial score (nSPS) is 11.3. The van der Waals surface area contributed by atoms with Gasteiger partial charge in [-0.2, -0.15) is 4.98 Å². The Bertz CT molecular complexity index is 780. The Morgan fingerprint density at radius 2 is 2.32 bits per heavy atom. The Hall–Kier alpha value is -1.54. The van der Waals surface area contributed by atoms with Crippen LogP contribution < -0.4 is 0 Å². The van der Waals surface area contributed by atoms with E-state index in [2.05, 4.69) is 31.1 Å². The Morgan fingerprint density at radius 3 is 3.05 bits per heavy atom. The lowest BCUT2D eigenvalue weighted by molar-refractivity contribution is 0.371. The summed E-state index contributed by atoms with van der Waals surface area (Å²) in [5.41, 5.74) is 1.49. The van der Waals surface area contributed by atoms with Gasteiger partial charge >= 0.3 is 0 Å². The second-order valence-corrected chi connectivity index (χ2v) is 5.19. The molecule has 19 heavy (non-hydrogen) atoms. The van der Waals surface area contributed by atoms with Crippen molar-refractivity contribution in [3.63, 3.8) is 0 Å². The second kappa shape index (κ2) is 4.86. The molecule has 8 heteroatoms. The average Bonchev–Trinajstić information content (AvgIpc) is 2.96. The zero-order valence-electron chi connectivity index (χ0n) is 9.56. The van der Waals surface area contributed by atoms with Crippen LogP contribution in [0.2, 0.25) is 0 Å². The summed E-state index contributed by atoms with van der Waals surface area (Å²) in [5.74, 6) is 0.196. The Kier molecular flexibility index (Phi) is 3.19. The fourth-order valence-corrected chi connectivity index (χ4v) is 2.53. The zero-order chi connectivity index (χ0) is 13.4. The number of nitrogens with one attached hydrogen (secondary N) is 1. The van der Waals surface area contributed by atoms with Crippen molar-refractivity contribution in [2.75, 3.05) is 0 Å². The highest BCUT2D eigenvalue weighted by molar-refractivity contribution is 9.10. The first-order valence-electron chi connectivity index (χ1n) is 5.48. The first-order chi connectivity index (χ1) is 9.15. The lowest BCUT2D eigenvalue weighted by atomic mass is 10.3. The molecule has 0 atom stereocenters. The van der Waals surface area contributed by atoms with Crippen LogP contribution >= 0.6 is 28.1 Å². The number of hydrogen-bond donors (Lipinski definition) is 1. The molecular formula is C11H8BrFN4OS. The molecule has 0 aliphatic carbocycles. The molecule has 2 heterocycles. The van der Waals surface area contributed by atoms with Crippen molar-refractivity contribution in [1.82, 2.24) is 19.7 Å². The molecule has 3 aromatic rings. The highest BCUT2D eigenvalue weighted by atomic mass is 79.9. The lowest BCUT2D eigenvalue weighted by Gasteiger charge is -2.02. The maximum absolute atomic E-state index is 13.6. The summed E-state index contributed by atoms with van der Waals surface area (Å²) in [6.07, 6.45) is 1.89. The molecule has 2 aromatic heterocycles. The molecule has 0 saturated heterocycles. The van der Waals surface area contributed by atoms with Crippen LogP contribution in [0.4, 0.5) is 4.39 Å². The lowest BCUT2D eigenvalue weighted by Crippen LogP contribution is -2.01. The van der Waals surface area contributed by atoms with Crippen molar-refractivity contribution in [3.8, 4) is 0 Å². The summed E-state index contributed by atoms with van der Waals surface area (Å²) in [4.78, 5) is 6.98. The fourth-order valence-electron chi connectivity index (χ4n) is 1.89. The van der Waals surface area contributed by atoms with Crippen LogP contribution in [0, 0.1) is 10.6 Å². The van der Waals surface area contributed by atoms with Gasteiger partial charge in [0.1, 0.15) is 5.82 Å². The van der Waals surface area contributed by atoms with E-state index in [0.29, 0.717) is 33.6 Å². The molecule has 3 rings (SSSR count). The Labute approximate surface area is 120 Å². The molecule has 0 saturated carbocycles. The second-order valence-electron chi connectivity index (χ2n) is 3.95. The number of halogens is 2. The summed E-state index contributed by atoms with van der Waals surface area (Å²) in [7, 11) is 0. The number of H-pyrrole nitrogens is 1. The number of hydrogen-bond acceptors (Lipinski definition) is 4. The largest absolute Gasteiger partial charge is 0.340 e. The minimum absolute atomic E-state index is 0.326. The number of aromatic amines is 1. The van der Waals surface area contributed by atoms with E-state index < -0.39 is 0 Å². The van der Waals surface area contributed by atoms with E-state index in [9.17, 15) is 4.39 Å². The van der Waals surface area contributed by atoms with Crippen LogP contribution in [0.5, 0.6) is 0 Å². The third kappa shape index (κ3) is 2.33. The van der Waals surface area contributed by atoms with Gasteiger partial charge in [0.25, 0.3) is 0 Å². The van der Waals surface area contributed by atoms with Gasteiger partial charge in [-0.15, -0.1) is 0 Å². The van der Waals surface area contributed by atoms with Gasteiger partial charge in [-0.3, -0.25) is 0 Å². The fraction of sp³-hybridized carbons (Fsp3) is 0.182. The van der Waals surface area contributed by atoms with Crippen LogP contribution in [-0.4, -0.2) is 19.7 Å². The number of nitrogens with zero attached hydrogens (tertiary/aromatic N) is 3.